The number of carbonyl (C=O) groups excluding carboxylic acids is 1. The summed E-state index contributed by atoms with van der Waals surface area (Å²) < 4.78 is 6.15. The van der Waals surface area contributed by atoms with E-state index in [1.807, 2.05) is 30.3 Å². The first-order valence-corrected chi connectivity index (χ1v) is 7.40. The van der Waals surface area contributed by atoms with E-state index in [1.165, 1.54) is 0 Å². The minimum Gasteiger partial charge on any atom is -0.484 e. The highest BCUT2D eigenvalue weighted by Gasteiger charge is 2.02. The van der Waals surface area contributed by atoms with Crippen molar-refractivity contribution in [1.29, 1.82) is 0 Å². The van der Waals surface area contributed by atoms with Gasteiger partial charge in [-0.2, -0.15) is 0 Å². The summed E-state index contributed by atoms with van der Waals surface area (Å²) in [7, 11) is 0. The highest BCUT2D eigenvalue weighted by atomic mass is 79.9. The van der Waals surface area contributed by atoms with Gasteiger partial charge < -0.3 is 15.8 Å². The van der Waals surface area contributed by atoms with Crippen molar-refractivity contribution in [3.63, 3.8) is 0 Å². The number of primary amides is 1. The van der Waals surface area contributed by atoms with Crippen molar-refractivity contribution < 1.29 is 9.53 Å². The number of nitrogens with one attached hydrogen (secondary N) is 1. The minimum atomic E-state index is -0.494. The molecule has 21 heavy (non-hydrogen) atoms. The molecule has 6 heteroatoms. The molecule has 0 radical (unpaired) electrons. The van der Waals surface area contributed by atoms with Crippen LogP contribution < -0.4 is 15.8 Å². The van der Waals surface area contributed by atoms with Gasteiger partial charge in [-0.05, 0) is 51.8 Å². The molecular weight excluding hydrogens is 356 g/mol. The van der Waals surface area contributed by atoms with Crippen LogP contribution in [0.25, 0.3) is 0 Å². The first-order chi connectivity index (χ1) is 10.0. The average molecular weight is 370 g/mol. The molecule has 0 aliphatic heterocycles. The molecule has 3 N–H and O–H groups in total. The van der Waals surface area contributed by atoms with E-state index in [9.17, 15) is 4.79 Å². The number of hydrogen-bond acceptors (Lipinski definition) is 3. The molecule has 2 aromatic rings. The zero-order valence-electron chi connectivity index (χ0n) is 11.1. The van der Waals surface area contributed by atoms with Crippen LogP contribution >= 0.6 is 27.5 Å². The fourth-order valence-corrected chi connectivity index (χ4v) is 2.25. The van der Waals surface area contributed by atoms with Crippen LogP contribution in [-0.2, 0) is 11.3 Å². The van der Waals surface area contributed by atoms with Gasteiger partial charge in [0.1, 0.15) is 5.75 Å². The molecule has 0 bridgehead atoms. The highest BCUT2D eigenvalue weighted by molar-refractivity contribution is 9.10. The molecule has 1 amide bonds. The Hall–Kier alpha value is -1.72. The van der Waals surface area contributed by atoms with E-state index < -0.39 is 5.91 Å². The topological polar surface area (TPSA) is 64.4 Å². The number of carbonyl (C=O) groups is 1. The number of benzene rings is 2. The molecule has 2 aromatic carbocycles. The normalized spacial score (nSPS) is 10.2. The van der Waals surface area contributed by atoms with Crippen molar-refractivity contribution in [2.75, 3.05) is 11.9 Å². The number of ether oxygens (including phenoxy) is 1. The van der Waals surface area contributed by atoms with E-state index in [-0.39, 0.29) is 6.61 Å². The molecule has 0 unspecified atom stereocenters. The smallest absolute Gasteiger partial charge is 0.255 e. The quantitative estimate of drug-likeness (QED) is 0.818. The van der Waals surface area contributed by atoms with Crippen LogP contribution in [-0.4, -0.2) is 12.5 Å². The zero-order chi connectivity index (χ0) is 15.2. The van der Waals surface area contributed by atoms with E-state index in [4.69, 9.17) is 22.1 Å². The van der Waals surface area contributed by atoms with E-state index in [0.29, 0.717) is 17.3 Å². The maximum Gasteiger partial charge on any atom is 0.255 e. The molecule has 4 nitrogen and oxygen atoms in total. The van der Waals surface area contributed by atoms with Gasteiger partial charge in [-0.3, -0.25) is 4.79 Å². The number of halogens is 2. The van der Waals surface area contributed by atoms with Gasteiger partial charge in [0.2, 0.25) is 0 Å². The third-order valence-electron chi connectivity index (χ3n) is 2.72. The molecule has 0 saturated carbocycles. The summed E-state index contributed by atoms with van der Waals surface area (Å²) >= 11 is 9.43. The summed E-state index contributed by atoms with van der Waals surface area (Å²) in [5.41, 5.74) is 7.02. The molecule has 0 saturated heterocycles. The number of nitrogens with two attached hydrogens (primary N) is 1. The molecule has 0 aromatic heterocycles. The minimum absolute atomic E-state index is 0.118. The molecule has 0 aliphatic rings. The van der Waals surface area contributed by atoms with Crippen molar-refractivity contribution in [2.24, 2.45) is 5.73 Å². The lowest BCUT2D eigenvalue weighted by atomic mass is 10.2. The molecule has 2 rings (SSSR count). The second-order valence-electron chi connectivity index (χ2n) is 4.38. The molecule has 0 atom stereocenters. The van der Waals surface area contributed by atoms with Crippen LogP contribution in [0.5, 0.6) is 5.75 Å². The Morgan fingerprint density at radius 2 is 1.95 bits per heavy atom. The second-order valence-corrected chi connectivity index (χ2v) is 5.67. The van der Waals surface area contributed by atoms with Crippen molar-refractivity contribution >= 4 is 39.1 Å². The van der Waals surface area contributed by atoms with Crippen LogP contribution in [0.2, 0.25) is 5.02 Å². The first kappa shape index (κ1) is 15.7. The summed E-state index contributed by atoms with van der Waals surface area (Å²) in [6.45, 7) is 0.530. The molecule has 0 spiro atoms. The van der Waals surface area contributed by atoms with Crippen LogP contribution in [0.1, 0.15) is 5.56 Å². The number of amides is 1. The Morgan fingerprint density at radius 1 is 1.24 bits per heavy atom. The molecular formula is C15H14BrClN2O2. The van der Waals surface area contributed by atoms with Crippen molar-refractivity contribution in [2.45, 2.75) is 6.54 Å². The Balaban J connectivity index is 1.94. The summed E-state index contributed by atoms with van der Waals surface area (Å²) in [6, 6.07) is 13.0. The predicted molar refractivity (Wildman–Crippen MR) is 87.6 cm³/mol. The Bertz CT molecular complexity index is 632. The van der Waals surface area contributed by atoms with Gasteiger partial charge in [0, 0.05) is 16.0 Å². The van der Waals surface area contributed by atoms with E-state index in [0.717, 1.165) is 15.7 Å². The number of anilines is 1. The van der Waals surface area contributed by atoms with Crippen LogP contribution in [0.4, 0.5) is 5.69 Å². The lowest BCUT2D eigenvalue weighted by Gasteiger charge is -2.10. The third kappa shape index (κ3) is 4.95. The SMILES string of the molecule is NC(=O)COc1ccc(CNc2cc(Cl)ccc2Br)cc1. The Labute approximate surface area is 136 Å². The van der Waals surface area contributed by atoms with Gasteiger partial charge in [0.05, 0.1) is 5.69 Å². The van der Waals surface area contributed by atoms with Crippen molar-refractivity contribution in [3.8, 4) is 5.75 Å². The molecule has 0 heterocycles. The summed E-state index contributed by atoms with van der Waals surface area (Å²) in [6.07, 6.45) is 0. The maximum absolute atomic E-state index is 10.6. The van der Waals surface area contributed by atoms with Crippen LogP contribution in [0, 0.1) is 0 Å². The Morgan fingerprint density at radius 3 is 2.62 bits per heavy atom. The molecule has 0 fully saturated rings. The second kappa shape index (κ2) is 7.33. The van der Waals surface area contributed by atoms with E-state index >= 15 is 0 Å². The number of rotatable bonds is 6. The lowest BCUT2D eigenvalue weighted by molar-refractivity contribution is -0.119. The van der Waals surface area contributed by atoms with Crippen LogP contribution in [0.15, 0.2) is 46.9 Å². The van der Waals surface area contributed by atoms with E-state index in [1.54, 1.807) is 12.1 Å². The monoisotopic (exact) mass is 368 g/mol. The summed E-state index contributed by atoms with van der Waals surface area (Å²) in [5.74, 6) is 0.119. The van der Waals surface area contributed by atoms with Gasteiger partial charge in [0.25, 0.3) is 5.91 Å². The predicted octanol–water partition coefficient (Wildman–Crippen LogP) is 3.58. The largest absolute Gasteiger partial charge is 0.484 e. The Kier molecular flexibility index (Phi) is 5.47. The van der Waals surface area contributed by atoms with Gasteiger partial charge >= 0.3 is 0 Å². The van der Waals surface area contributed by atoms with E-state index in [2.05, 4.69) is 21.2 Å². The first-order valence-electron chi connectivity index (χ1n) is 6.23. The average Bonchev–Trinajstić information content (AvgIpc) is 2.47. The highest BCUT2D eigenvalue weighted by Crippen LogP contribution is 2.26. The van der Waals surface area contributed by atoms with Crippen molar-refractivity contribution in [1.82, 2.24) is 0 Å². The van der Waals surface area contributed by atoms with Gasteiger partial charge in [-0.1, -0.05) is 23.7 Å². The maximum atomic E-state index is 10.6. The van der Waals surface area contributed by atoms with Crippen LogP contribution in [0.3, 0.4) is 0 Å². The summed E-state index contributed by atoms with van der Waals surface area (Å²) in [5, 5.41) is 3.97. The van der Waals surface area contributed by atoms with Gasteiger partial charge in [-0.25, -0.2) is 0 Å². The lowest BCUT2D eigenvalue weighted by Crippen LogP contribution is -2.19. The fourth-order valence-electron chi connectivity index (χ4n) is 1.69. The third-order valence-corrected chi connectivity index (χ3v) is 3.64. The fraction of sp³-hybridized carbons (Fsp3) is 0.133. The van der Waals surface area contributed by atoms with Crippen molar-refractivity contribution in [3.05, 3.63) is 57.5 Å². The molecule has 0 aliphatic carbocycles. The zero-order valence-corrected chi connectivity index (χ0v) is 13.4. The number of hydrogen-bond donors (Lipinski definition) is 2. The van der Waals surface area contributed by atoms with Gasteiger partial charge in [-0.15, -0.1) is 0 Å². The molecule has 110 valence electrons. The van der Waals surface area contributed by atoms with Gasteiger partial charge in [0.15, 0.2) is 6.61 Å². The summed E-state index contributed by atoms with van der Waals surface area (Å²) in [4.78, 5) is 10.6. The standard InChI is InChI=1S/C15H14BrClN2O2/c16-13-6-3-11(17)7-14(13)19-8-10-1-4-12(5-2-10)21-9-15(18)20/h1-7,19H,8-9H2,(H2,18,20).